The van der Waals surface area contributed by atoms with E-state index in [1.165, 1.54) is 0 Å². The van der Waals surface area contributed by atoms with E-state index in [4.69, 9.17) is 20.0 Å². The van der Waals surface area contributed by atoms with Crippen molar-refractivity contribution in [3.63, 3.8) is 0 Å². The molecule has 0 radical (unpaired) electrons. The third-order valence-corrected chi connectivity index (χ3v) is 10.8. The molecule has 9 rings (SSSR count). The highest BCUT2D eigenvalue weighted by molar-refractivity contribution is 6.39. The predicted octanol–water partition coefficient (Wildman–Crippen LogP) is -7.71. The number of imidazole rings is 4. The Morgan fingerprint density at radius 2 is 0.550 bits per heavy atom. The zero-order valence-electron chi connectivity index (χ0n) is 34.9. The maximum atomic E-state index is 5.48. The maximum absolute atomic E-state index is 5.48. The second kappa shape index (κ2) is 18.1. The summed E-state index contributed by atoms with van der Waals surface area (Å²) >= 11 is 0. The smallest absolute Gasteiger partial charge is 0.244 e. The fraction of sp³-hybridized carbons (Fsp3) is 0.273. The highest BCUT2D eigenvalue weighted by atomic mass is 35.5. The van der Waals surface area contributed by atoms with E-state index in [0.717, 1.165) is 117 Å². The summed E-state index contributed by atoms with van der Waals surface area (Å²) in [4.78, 5) is 21.9. The number of fused-ring (bicyclic) bond motifs is 4. The van der Waals surface area contributed by atoms with Crippen molar-refractivity contribution in [2.75, 3.05) is 0 Å². The molecule has 5 aliphatic heterocycles. The Balaban J connectivity index is 0.00000171. The number of aryl methyl sites for hydroxylation is 8. The van der Waals surface area contributed by atoms with E-state index in [1.807, 2.05) is 0 Å². The topological polar surface area (TPSA) is 84.7 Å². The van der Waals surface area contributed by atoms with Gasteiger partial charge in [-0.25, -0.2) is 56.5 Å². The van der Waals surface area contributed by atoms with Crippen molar-refractivity contribution in [3.8, 4) is 0 Å². The summed E-state index contributed by atoms with van der Waals surface area (Å²) in [7, 11) is 8.26. The molecule has 0 fully saturated rings. The van der Waals surface area contributed by atoms with Gasteiger partial charge in [0, 0.05) is 0 Å². The van der Waals surface area contributed by atoms with E-state index in [9.17, 15) is 0 Å². The van der Waals surface area contributed by atoms with Gasteiger partial charge in [0.25, 0.3) is 0 Å². The van der Waals surface area contributed by atoms with Crippen molar-refractivity contribution in [2.45, 2.75) is 53.9 Å². The number of nitrogens with zero attached hydrogens (tertiary/aromatic N) is 12. The van der Waals surface area contributed by atoms with Gasteiger partial charge in [-0.3, -0.25) is 0 Å². The molecule has 0 saturated heterocycles. The molecule has 0 saturated carbocycles. The zero-order chi connectivity index (χ0) is 38.8. The molecule has 4 aromatic heterocycles. The number of halogens is 4. The van der Waals surface area contributed by atoms with Crippen LogP contribution in [-0.4, -0.2) is 41.1 Å². The first-order valence-electron chi connectivity index (χ1n) is 19.5. The van der Waals surface area contributed by atoms with Crippen LogP contribution in [0.2, 0.25) is 0 Å². The Morgan fingerprint density at radius 3 is 0.733 bits per heavy atom. The molecule has 0 atom stereocenters. The molecule has 12 nitrogen and oxygen atoms in total. The van der Waals surface area contributed by atoms with E-state index in [0.29, 0.717) is 0 Å². The molecule has 8 bridgehead atoms. The summed E-state index contributed by atoms with van der Waals surface area (Å²) in [6.45, 7) is 11.9. The van der Waals surface area contributed by atoms with Crippen LogP contribution in [0.1, 0.15) is 50.5 Å². The lowest BCUT2D eigenvalue weighted by atomic mass is 10.0. The summed E-state index contributed by atoms with van der Waals surface area (Å²) in [6, 6.07) is 0. The second-order valence-corrected chi connectivity index (χ2v) is 14.7. The SMILES string of the molecule is CCn1c[n+](C)cc1C1=C2C=CC(=N2)C(c2c[n+](C)cn2CC)=C2C=CC(=N2)C(c2c[n+](C)cn2CC)=C2C=CC(=N2)C(c2c[n+](C)cn2CC)=C2C=CC1=N2.[Cl-].[Cl-].[Cl-].[Cl-]. The number of allylic oxidation sites excluding steroid dienone is 12. The number of aliphatic imine (C=N–C) groups is 4. The molecular formula is C44H48Cl4N12. The number of rotatable bonds is 8. The molecule has 5 aliphatic rings. The summed E-state index contributed by atoms with van der Waals surface area (Å²) < 4.78 is 17.4. The summed E-state index contributed by atoms with van der Waals surface area (Å²) in [6.07, 6.45) is 34.2. The van der Waals surface area contributed by atoms with E-state index in [-0.39, 0.29) is 49.6 Å². The zero-order valence-corrected chi connectivity index (χ0v) is 38.0. The van der Waals surface area contributed by atoms with E-state index >= 15 is 0 Å². The van der Waals surface area contributed by atoms with Gasteiger partial charge in [-0.1, -0.05) is 0 Å². The minimum absolute atomic E-state index is 0. The molecule has 0 aromatic carbocycles. The summed E-state index contributed by atoms with van der Waals surface area (Å²) in [5.74, 6) is 0. The molecule has 0 unspecified atom stereocenters. The van der Waals surface area contributed by atoms with Gasteiger partial charge in [-0.15, -0.1) is 0 Å². The predicted molar refractivity (Wildman–Crippen MR) is 219 cm³/mol. The monoisotopic (exact) mass is 884 g/mol. The van der Waals surface area contributed by atoms with Crippen LogP contribution in [0.25, 0.3) is 22.3 Å². The van der Waals surface area contributed by atoms with Crippen LogP contribution in [0.3, 0.4) is 0 Å². The first-order chi connectivity index (χ1) is 27.2. The molecule has 4 aromatic rings. The van der Waals surface area contributed by atoms with E-state index in [2.05, 4.69) is 191 Å². The third-order valence-electron chi connectivity index (χ3n) is 10.8. The van der Waals surface area contributed by atoms with Crippen LogP contribution in [0.4, 0.5) is 0 Å². The average molecular weight is 887 g/mol. The Hall–Kier alpha value is -5.40. The molecule has 0 amide bonds. The quantitative estimate of drug-likeness (QED) is 0.158. The van der Waals surface area contributed by atoms with Gasteiger partial charge in [0.2, 0.25) is 25.3 Å². The first-order valence-corrected chi connectivity index (χ1v) is 19.5. The van der Waals surface area contributed by atoms with Gasteiger partial charge < -0.3 is 49.6 Å². The normalized spacial score (nSPS) is 16.3. The van der Waals surface area contributed by atoms with Crippen molar-refractivity contribution in [1.82, 2.24) is 18.3 Å². The van der Waals surface area contributed by atoms with Crippen LogP contribution >= 0.6 is 0 Å². The van der Waals surface area contributed by atoms with E-state index in [1.54, 1.807) is 0 Å². The lowest BCUT2D eigenvalue weighted by Gasteiger charge is -2.10. The molecule has 16 heteroatoms. The summed E-state index contributed by atoms with van der Waals surface area (Å²) in [5.41, 5.74) is 14.9. The lowest BCUT2D eigenvalue weighted by molar-refractivity contribution is -0.671. The van der Waals surface area contributed by atoms with Crippen LogP contribution in [-0.2, 0) is 54.4 Å². The Kier molecular flexibility index (Phi) is 13.8. The standard InChI is InChI=1S/C44H48N12.4ClH/c1-9-53-25-49(5)21-37(53)41-29-13-15-31(45-29)42(38-22-50(6)26-54(38)10-2)33-17-19-35(47-33)44(40-24-52(8)28-56(40)12-4)36-20-18-34(48-36)43(32-16-14-30(41)46-32)39-23-51(7)27-55(39)11-3;;;;/h13-28H,9-12H2,1-8H3;4*1H/q+4;;;;/p-4. The van der Waals surface area contributed by atoms with Crippen molar-refractivity contribution in [2.24, 2.45) is 48.2 Å². The van der Waals surface area contributed by atoms with Gasteiger partial charge in [0.15, 0.2) is 22.8 Å². The molecule has 60 heavy (non-hydrogen) atoms. The van der Waals surface area contributed by atoms with Crippen LogP contribution in [0, 0.1) is 0 Å². The maximum Gasteiger partial charge on any atom is 0.244 e. The van der Waals surface area contributed by atoms with Gasteiger partial charge in [0.1, 0.15) is 24.8 Å². The average Bonchev–Trinajstić information content (AvgIpc) is 4.03. The van der Waals surface area contributed by atoms with Gasteiger partial charge in [0.05, 0.1) is 122 Å². The third kappa shape index (κ3) is 7.73. The minimum Gasteiger partial charge on any atom is -1.00 e. The Morgan fingerprint density at radius 1 is 0.350 bits per heavy atom. The van der Waals surface area contributed by atoms with Gasteiger partial charge in [-0.2, -0.15) is 0 Å². The molecule has 312 valence electrons. The highest BCUT2D eigenvalue weighted by Gasteiger charge is 2.34. The summed E-state index contributed by atoms with van der Waals surface area (Å²) in [5, 5.41) is 0. The fourth-order valence-electron chi connectivity index (χ4n) is 8.31. The first kappa shape index (κ1) is 45.7. The Labute approximate surface area is 375 Å². The molecule has 0 spiro atoms. The molecule has 9 heterocycles. The Bertz CT molecular complexity index is 2400. The fourth-order valence-corrected chi connectivity index (χ4v) is 8.31. The van der Waals surface area contributed by atoms with Gasteiger partial charge in [-0.05, 0) is 76.3 Å². The highest BCUT2D eigenvalue weighted by Crippen LogP contribution is 2.38. The number of hydrogen-bond donors (Lipinski definition) is 0. The van der Waals surface area contributed by atoms with Crippen molar-refractivity contribution >= 4 is 45.1 Å². The van der Waals surface area contributed by atoms with Crippen molar-refractivity contribution < 1.29 is 67.9 Å². The molecular weight excluding hydrogens is 838 g/mol. The van der Waals surface area contributed by atoms with Crippen LogP contribution in [0.15, 0.2) is 141 Å². The number of aromatic nitrogens is 8. The van der Waals surface area contributed by atoms with Crippen molar-refractivity contribution in [3.05, 3.63) is 144 Å². The number of hydrogen-bond acceptors (Lipinski definition) is 4. The second-order valence-electron chi connectivity index (χ2n) is 14.7. The van der Waals surface area contributed by atoms with E-state index < -0.39 is 0 Å². The van der Waals surface area contributed by atoms with Gasteiger partial charge >= 0.3 is 0 Å². The van der Waals surface area contributed by atoms with Crippen LogP contribution < -0.4 is 67.9 Å². The lowest BCUT2D eigenvalue weighted by Crippen LogP contribution is -3.00. The van der Waals surface area contributed by atoms with Crippen molar-refractivity contribution in [1.29, 1.82) is 0 Å². The van der Waals surface area contributed by atoms with Crippen LogP contribution in [0.5, 0.6) is 0 Å². The molecule has 0 aliphatic carbocycles. The minimum atomic E-state index is 0. The largest absolute Gasteiger partial charge is 1.00 e. The molecule has 0 N–H and O–H groups in total.